The first-order valence-electron chi connectivity index (χ1n) is 6.64. The fourth-order valence-corrected chi connectivity index (χ4v) is 1.70. The second-order valence-electron chi connectivity index (χ2n) is 4.66. The summed E-state index contributed by atoms with van der Waals surface area (Å²) in [6.45, 7) is 5.53. The number of ether oxygens (including phenoxy) is 3. The Morgan fingerprint density at radius 3 is 2.25 bits per heavy atom. The zero-order valence-electron chi connectivity index (χ0n) is 12.6. The molecule has 1 aromatic rings. The van der Waals surface area contributed by atoms with Gasteiger partial charge in [0.2, 0.25) is 0 Å². The smallest absolute Gasteiger partial charge is 0.319 e. The average Bonchev–Trinajstić information content (AvgIpc) is 2.46. The van der Waals surface area contributed by atoms with Crippen molar-refractivity contribution in [2.24, 2.45) is 0 Å². The van der Waals surface area contributed by atoms with Crippen LogP contribution < -0.4 is 9.47 Å². The van der Waals surface area contributed by atoms with E-state index in [1.54, 1.807) is 7.11 Å². The van der Waals surface area contributed by atoms with Crippen molar-refractivity contribution in [2.45, 2.75) is 19.9 Å². The molecule has 0 aromatic heterocycles. The molecule has 0 bridgehead atoms. The second-order valence-corrected chi connectivity index (χ2v) is 4.66. The Morgan fingerprint density at radius 1 is 1.15 bits per heavy atom. The number of hydrogen-bond donors (Lipinski definition) is 0. The predicted molar refractivity (Wildman–Crippen MR) is 77.2 cm³/mol. The molecule has 0 spiro atoms. The normalized spacial score (nSPS) is 10.7. The second kappa shape index (κ2) is 8.43. The Balaban J connectivity index is 2.41. The molecule has 0 saturated carbocycles. The van der Waals surface area contributed by atoms with E-state index in [-0.39, 0.29) is 18.6 Å². The minimum Gasteiger partial charge on any atom is -0.497 e. The van der Waals surface area contributed by atoms with Crippen molar-refractivity contribution in [3.63, 3.8) is 0 Å². The highest BCUT2D eigenvalue weighted by molar-refractivity contribution is 5.71. The zero-order valence-corrected chi connectivity index (χ0v) is 12.6. The monoisotopic (exact) mass is 281 g/mol. The first kappa shape index (κ1) is 16.3. The van der Waals surface area contributed by atoms with Crippen molar-refractivity contribution in [3.05, 3.63) is 24.3 Å². The number of carbonyl (C=O) groups excluding carboxylic acids is 1. The molecule has 1 aromatic carbocycles. The molecule has 0 aliphatic rings. The fourth-order valence-electron chi connectivity index (χ4n) is 1.70. The minimum atomic E-state index is -0.233. The molecule has 20 heavy (non-hydrogen) atoms. The first-order valence-corrected chi connectivity index (χ1v) is 6.64. The summed E-state index contributed by atoms with van der Waals surface area (Å²) < 4.78 is 15.4. The largest absolute Gasteiger partial charge is 0.497 e. The molecular weight excluding hydrogens is 258 g/mol. The lowest BCUT2D eigenvalue weighted by atomic mass is 10.3. The number of carbonyl (C=O) groups is 1. The number of rotatable bonds is 8. The van der Waals surface area contributed by atoms with E-state index < -0.39 is 0 Å². The van der Waals surface area contributed by atoms with Gasteiger partial charge in [0.25, 0.3) is 0 Å². The van der Waals surface area contributed by atoms with E-state index in [0.717, 1.165) is 11.5 Å². The van der Waals surface area contributed by atoms with Gasteiger partial charge < -0.3 is 14.2 Å². The van der Waals surface area contributed by atoms with Gasteiger partial charge in [0.15, 0.2) is 0 Å². The van der Waals surface area contributed by atoms with Crippen LogP contribution in [0.4, 0.5) is 0 Å². The molecule has 0 saturated heterocycles. The van der Waals surface area contributed by atoms with Crippen LogP contribution in [0, 0.1) is 0 Å². The van der Waals surface area contributed by atoms with Gasteiger partial charge in [-0.25, -0.2) is 0 Å². The molecule has 0 N–H and O–H groups in total. The molecular formula is C15H23NO4. The topological polar surface area (TPSA) is 48.0 Å². The van der Waals surface area contributed by atoms with Crippen LogP contribution >= 0.6 is 0 Å². The van der Waals surface area contributed by atoms with Crippen molar-refractivity contribution in [1.82, 2.24) is 4.90 Å². The van der Waals surface area contributed by atoms with Crippen LogP contribution in [0.1, 0.15) is 13.8 Å². The lowest BCUT2D eigenvalue weighted by molar-refractivity contribution is -0.142. The summed E-state index contributed by atoms with van der Waals surface area (Å²) >= 11 is 0. The van der Waals surface area contributed by atoms with Gasteiger partial charge in [0.05, 0.1) is 20.8 Å². The predicted octanol–water partition coefficient (Wildman–Crippen LogP) is 1.96. The number of nitrogens with zero attached hydrogens (tertiary/aromatic N) is 1. The Kier molecular flexibility index (Phi) is 6.87. The van der Waals surface area contributed by atoms with Gasteiger partial charge in [0, 0.05) is 12.6 Å². The average molecular weight is 281 g/mol. The van der Waals surface area contributed by atoms with Gasteiger partial charge in [-0.15, -0.1) is 0 Å². The third-order valence-corrected chi connectivity index (χ3v) is 3.00. The van der Waals surface area contributed by atoms with E-state index in [9.17, 15) is 4.79 Å². The van der Waals surface area contributed by atoms with Crippen LogP contribution in [0.25, 0.3) is 0 Å². The highest BCUT2D eigenvalue weighted by atomic mass is 16.5. The lowest BCUT2D eigenvalue weighted by Crippen LogP contribution is -2.38. The Morgan fingerprint density at radius 2 is 1.75 bits per heavy atom. The Hall–Kier alpha value is -1.75. The van der Waals surface area contributed by atoms with Crippen molar-refractivity contribution in [3.8, 4) is 11.5 Å². The molecule has 5 heteroatoms. The standard InChI is InChI=1S/C15H23NO4/c1-12(2)16(11-15(17)19-4)9-10-20-14-7-5-13(18-3)6-8-14/h5-8,12H,9-11H2,1-4H3. The lowest BCUT2D eigenvalue weighted by Gasteiger charge is -2.24. The summed E-state index contributed by atoms with van der Waals surface area (Å²) in [5.41, 5.74) is 0. The number of benzene rings is 1. The van der Waals surface area contributed by atoms with Crippen molar-refractivity contribution in [1.29, 1.82) is 0 Å². The maximum atomic E-state index is 11.3. The van der Waals surface area contributed by atoms with Crippen molar-refractivity contribution < 1.29 is 19.0 Å². The van der Waals surface area contributed by atoms with Gasteiger partial charge in [0.1, 0.15) is 18.1 Å². The van der Waals surface area contributed by atoms with Gasteiger partial charge in [-0.3, -0.25) is 9.69 Å². The number of esters is 1. The molecule has 5 nitrogen and oxygen atoms in total. The summed E-state index contributed by atoms with van der Waals surface area (Å²) in [6, 6.07) is 7.68. The summed E-state index contributed by atoms with van der Waals surface area (Å²) in [7, 11) is 3.03. The van der Waals surface area contributed by atoms with E-state index in [1.165, 1.54) is 7.11 Å². The molecule has 0 heterocycles. The van der Waals surface area contributed by atoms with Gasteiger partial charge in [-0.05, 0) is 38.1 Å². The summed E-state index contributed by atoms with van der Waals surface area (Å²) in [6.07, 6.45) is 0. The maximum Gasteiger partial charge on any atom is 0.319 e. The molecule has 0 aliphatic carbocycles. The van der Waals surface area contributed by atoms with Crippen LogP contribution in [0.3, 0.4) is 0 Å². The quantitative estimate of drug-likeness (QED) is 0.682. The van der Waals surface area contributed by atoms with Crippen LogP contribution in [0.2, 0.25) is 0 Å². The van der Waals surface area contributed by atoms with E-state index in [2.05, 4.69) is 4.74 Å². The molecule has 0 fully saturated rings. The van der Waals surface area contributed by atoms with Gasteiger partial charge in [-0.2, -0.15) is 0 Å². The summed E-state index contributed by atoms with van der Waals surface area (Å²) in [5.74, 6) is 1.35. The molecule has 1 rings (SSSR count). The van der Waals surface area contributed by atoms with Crippen LogP contribution in [0.5, 0.6) is 11.5 Å². The van der Waals surface area contributed by atoms with E-state index in [0.29, 0.717) is 13.2 Å². The Labute approximate surface area is 120 Å². The van der Waals surface area contributed by atoms with Gasteiger partial charge >= 0.3 is 5.97 Å². The highest BCUT2D eigenvalue weighted by Gasteiger charge is 2.14. The summed E-state index contributed by atoms with van der Waals surface area (Å²) in [4.78, 5) is 13.3. The van der Waals surface area contributed by atoms with Crippen LogP contribution in [-0.2, 0) is 9.53 Å². The molecule has 0 atom stereocenters. The third-order valence-electron chi connectivity index (χ3n) is 3.00. The number of hydrogen-bond acceptors (Lipinski definition) is 5. The van der Waals surface area contributed by atoms with Crippen LogP contribution in [-0.4, -0.2) is 50.8 Å². The third kappa shape index (κ3) is 5.48. The zero-order chi connectivity index (χ0) is 15.0. The highest BCUT2D eigenvalue weighted by Crippen LogP contribution is 2.16. The van der Waals surface area contributed by atoms with Crippen molar-refractivity contribution in [2.75, 3.05) is 33.9 Å². The minimum absolute atomic E-state index is 0.233. The van der Waals surface area contributed by atoms with E-state index in [1.807, 2.05) is 43.0 Å². The Bertz CT molecular complexity index is 403. The molecule has 112 valence electrons. The van der Waals surface area contributed by atoms with E-state index in [4.69, 9.17) is 9.47 Å². The maximum absolute atomic E-state index is 11.3. The first-order chi connectivity index (χ1) is 9.56. The molecule has 0 unspecified atom stereocenters. The fraction of sp³-hybridized carbons (Fsp3) is 0.533. The SMILES string of the molecule is COC(=O)CN(CCOc1ccc(OC)cc1)C(C)C. The van der Waals surface area contributed by atoms with Crippen LogP contribution in [0.15, 0.2) is 24.3 Å². The van der Waals surface area contributed by atoms with Crippen molar-refractivity contribution >= 4 is 5.97 Å². The summed E-state index contributed by atoms with van der Waals surface area (Å²) in [5, 5.41) is 0. The molecule has 0 aliphatic heterocycles. The van der Waals surface area contributed by atoms with Gasteiger partial charge in [-0.1, -0.05) is 0 Å². The molecule has 0 amide bonds. The molecule has 0 radical (unpaired) electrons. The van der Waals surface area contributed by atoms with E-state index >= 15 is 0 Å². The number of methoxy groups -OCH3 is 2.